The molecule has 4 aromatic rings. The molecule has 1 saturated heterocycles. The van der Waals surface area contributed by atoms with E-state index in [0.29, 0.717) is 0 Å². The number of anilines is 1. The van der Waals surface area contributed by atoms with Crippen molar-refractivity contribution in [1.29, 1.82) is 0 Å². The van der Waals surface area contributed by atoms with Crippen molar-refractivity contribution in [2.75, 3.05) is 4.90 Å². The summed E-state index contributed by atoms with van der Waals surface area (Å²) in [7, 11) is 0. The Bertz CT molecular complexity index is 1330. The van der Waals surface area contributed by atoms with Crippen molar-refractivity contribution >= 4 is 23.0 Å². The van der Waals surface area contributed by atoms with E-state index in [-0.39, 0.29) is 12.1 Å². The average molecular weight is 467 g/mol. The molecule has 0 saturated carbocycles. The Hall–Kier alpha value is -3.44. The van der Waals surface area contributed by atoms with Crippen LogP contribution in [0.25, 0.3) is 5.69 Å². The van der Waals surface area contributed by atoms with Gasteiger partial charge in [-0.25, -0.2) is 0 Å². The van der Waals surface area contributed by atoms with Gasteiger partial charge in [0.2, 0.25) is 0 Å². The largest absolute Gasteiger partial charge is 0.351 e. The van der Waals surface area contributed by atoms with E-state index < -0.39 is 0 Å². The summed E-state index contributed by atoms with van der Waals surface area (Å²) in [5.41, 5.74) is 10.7. The van der Waals surface area contributed by atoms with Crippen molar-refractivity contribution in [2.24, 2.45) is 0 Å². The normalized spacial score (nSPS) is 17.8. The van der Waals surface area contributed by atoms with Gasteiger partial charge >= 0.3 is 0 Å². The minimum absolute atomic E-state index is 0.0176. The molecule has 0 aliphatic carbocycles. The molecule has 2 aromatic carbocycles. The maximum absolute atomic E-state index is 5.90. The van der Waals surface area contributed by atoms with Crippen LogP contribution >= 0.6 is 12.2 Å². The molecule has 0 amide bonds. The summed E-state index contributed by atoms with van der Waals surface area (Å²) in [4.78, 5) is 6.95. The second-order valence-corrected chi connectivity index (χ2v) is 9.73. The van der Waals surface area contributed by atoms with E-state index in [2.05, 4.69) is 104 Å². The maximum atomic E-state index is 5.90. The van der Waals surface area contributed by atoms with Crippen LogP contribution in [0.3, 0.4) is 0 Å². The van der Waals surface area contributed by atoms with E-state index in [1.807, 2.05) is 18.3 Å². The molecule has 3 heterocycles. The number of rotatable bonds is 4. The first-order chi connectivity index (χ1) is 16.3. The molecule has 2 unspecified atom stereocenters. The summed E-state index contributed by atoms with van der Waals surface area (Å²) in [5, 5.41) is 4.30. The Morgan fingerprint density at radius 3 is 2.15 bits per heavy atom. The van der Waals surface area contributed by atoms with E-state index in [1.165, 1.54) is 39.3 Å². The van der Waals surface area contributed by atoms with E-state index in [1.54, 1.807) is 0 Å². The van der Waals surface area contributed by atoms with Crippen LogP contribution in [0.4, 0.5) is 5.69 Å². The topological polar surface area (TPSA) is 33.1 Å². The number of benzene rings is 2. The molecule has 0 bridgehead atoms. The van der Waals surface area contributed by atoms with Crippen LogP contribution in [0, 0.1) is 34.6 Å². The van der Waals surface area contributed by atoms with Gasteiger partial charge in [-0.2, -0.15) is 0 Å². The Morgan fingerprint density at radius 1 is 0.794 bits per heavy atom. The summed E-state index contributed by atoms with van der Waals surface area (Å²) in [6.45, 7) is 10.8. The molecular formula is C29H30N4S. The van der Waals surface area contributed by atoms with Crippen LogP contribution in [0.15, 0.2) is 72.9 Å². The highest BCUT2D eigenvalue weighted by molar-refractivity contribution is 7.80. The van der Waals surface area contributed by atoms with E-state index in [9.17, 15) is 0 Å². The number of hydrogen-bond acceptors (Lipinski definition) is 2. The van der Waals surface area contributed by atoms with Gasteiger partial charge < -0.3 is 14.8 Å². The van der Waals surface area contributed by atoms with Gasteiger partial charge in [0.1, 0.15) is 0 Å². The predicted molar refractivity (Wildman–Crippen MR) is 144 cm³/mol. The quantitative estimate of drug-likeness (QED) is 0.344. The molecule has 5 rings (SSSR count). The number of pyridine rings is 1. The highest BCUT2D eigenvalue weighted by Crippen LogP contribution is 2.43. The molecule has 0 radical (unpaired) electrons. The fourth-order valence-corrected chi connectivity index (χ4v) is 5.56. The minimum Gasteiger partial charge on any atom is -0.351 e. The van der Waals surface area contributed by atoms with Gasteiger partial charge in [0.05, 0.1) is 17.8 Å². The highest BCUT2D eigenvalue weighted by Gasteiger charge is 2.42. The number of nitrogens with zero attached hydrogens (tertiary/aromatic N) is 3. The van der Waals surface area contributed by atoms with Crippen molar-refractivity contribution in [1.82, 2.24) is 14.9 Å². The van der Waals surface area contributed by atoms with Crippen molar-refractivity contribution in [3.63, 3.8) is 0 Å². The van der Waals surface area contributed by atoms with E-state index in [4.69, 9.17) is 17.2 Å². The number of aryl methyl sites for hydroxylation is 4. The number of aromatic nitrogens is 2. The number of nitrogens with one attached hydrogen (secondary N) is 1. The van der Waals surface area contributed by atoms with Crippen molar-refractivity contribution < 1.29 is 0 Å². The van der Waals surface area contributed by atoms with Gasteiger partial charge in [0, 0.05) is 29.0 Å². The molecule has 1 N–H and O–H groups in total. The van der Waals surface area contributed by atoms with Gasteiger partial charge in [0.15, 0.2) is 5.11 Å². The summed E-state index contributed by atoms with van der Waals surface area (Å²) in [5.74, 6) is 0. The van der Waals surface area contributed by atoms with Gasteiger partial charge in [-0.1, -0.05) is 29.8 Å². The summed E-state index contributed by atoms with van der Waals surface area (Å²) in [6.07, 6.45) is 1.85. The zero-order chi connectivity index (χ0) is 24.0. The molecule has 1 aliphatic rings. The molecule has 4 nitrogen and oxygen atoms in total. The number of thiocarbonyl (C=S) groups is 1. The molecule has 172 valence electrons. The molecule has 0 spiro atoms. The van der Waals surface area contributed by atoms with Crippen molar-refractivity contribution in [3.05, 3.63) is 112 Å². The third kappa shape index (κ3) is 3.90. The smallest absolute Gasteiger partial charge is 0.174 e. The molecule has 2 aromatic heterocycles. The molecule has 34 heavy (non-hydrogen) atoms. The van der Waals surface area contributed by atoms with Crippen molar-refractivity contribution in [3.8, 4) is 5.69 Å². The zero-order valence-corrected chi connectivity index (χ0v) is 21.1. The SMILES string of the molecule is Cc1ccc(N2C(=S)NC(c3ccccn3)C2c2cc(C)n(-c3cc(C)cc(C)c3)c2C)cc1. The molecule has 5 heteroatoms. The Kier molecular flexibility index (Phi) is 5.74. The molecule has 1 fully saturated rings. The van der Waals surface area contributed by atoms with Crippen LogP contribution in [0.5, 0.6) is 0 Å². The minimum atomic E-state index is -0.0526. The standard InChI is InChI=1S/C29H30N4S/c1-18-9-11-23(12-10-18)33-28(27(31-29(33)34)26-8-6-7-13-30-26)25-17-21(4)32(22(25)5)24-15-19(2)14-20(3)16-24/h6-17,27-28H,1-5H3,(H,31,34). The lowest BCUT2D eigenvalue weighted by Crippen LogP contribution is -2.29. The van der Waals surface area contributed by atoms with Gasteiger partial charge in [0.25, 0.3) is 0 Å². The summed E-state index contributed by atoms with van der Waals surface area (Å²) >= 11 is 5.90. The van der Waals surface area contributed by atoms with Crippen LogP contribution in [-0.4, -0.2) is 14.7 Å². The Balaban J connectivity index is 1.69. The second-order valence-electron chi connectivity index (χ2n) is 9.34. The average Bonchev–Trinajstić information content (AvgIpc) is 3.29. The van der Waals surface area contributed by atoms with Crippen LogP contribution < -0.4 is 10.2 Å². The van der Waals surface area contributed by atoms with Gasteiger partial charge in [-0.3, -0.25) is 4.98 Å². The van der Waals surface area contributed by atoms with Gasteiger partial charge in [-0.05, 0) is 106 Å². The highest BCUT2D eigenvalue weighted by atomic mass is 32.1. The first kappa shape index (κ1) is 22.4. The summed E-state index contributed by atoms with van der Waals surface area (Å²) in [6, 6.07) is 23.6. The Labute approximate surface area is 207 Å². The second kappa shape index (κ2) is 8.73. The first-order valence-electron chi connectivity index (χ1n) is 11.7. The Morgan fingerprint density at radius 2 is 1.50 bits per heavy atom. The lowest BCUT2D eigenvalue weighted by molar-refractivity contribution is 0.565. The lowest BCUT2D eigenvalue weighted by Gasteiger charge is -2.28. The number of hydrogen-bond donors (Lipinski definition) is 1. The van der Waals surface area contributed by atoms with E-state index >= 15 is 0 Å². The zero-order valence-electron chi connectivity index (χ0n) is 20.3. The maximum Gasteiger partial charge on any atom is 0.174 e. The first-order valence-corrected chi connectivity index (χ1v) is 12.1. The predicted octanol–water partition coefficient (Wildman–Crippen LogP) is 6.59. The third-order valence-electron chi connectivity index (χ3n) is 6.66. The van der Waals surface area contributed by atoms with Crippen LogP contribution in [0.2, 0.25) is 0 Å². The summed E-state index contributed by atoms with van der Waals surface area (Å²) < 4.78 is 2.36. The lowest BCUT2D eigenvalue weighted by atomic mass is 9.96. The molecule has 2 atom stereocenters. The fraction of sp³-hybridized carbons (Fsp3) is 0.241. The van der Waals surface area contributed by atoms with Crippen molar-refractivity contribution in [2.45, 2.75) is 46.7 Å². The molecular weight excluding hydrogens is 436 g/mol. The van der Waals surface area contributed by atoms with Gasteiger partial charge in [-0.15, -0.1) is 0 Å². The fourth-order valence-electron chi connectivity index (χ4n) is 5.22. The molecule has 1 aliphatic heterocycles. The van der Waals surface area contributed by atoms with Crippen LogP contribution in [0.1, 0.15) is 51.4 Å². The van der Waals surface area contributed by atoms with Crippen LogP contribution in [-0.2, 0) is 0 Å². The van der Waals surface area contributed by atoms with E-state index in [0.717, 1.165) is 16.5 Å². The monoisotopic (exact) mass is 466 g/mol. The third-order valence-corrected chi connectivity index (χ3v) is 6.98.